The summed E-state index contributed by atoms with van der Waals surface area (Å²) < 4.78 is 5.49. The highest BCUT2D eigenvalue weighted by molar-refractivity contribution is 6.27. The molecular formula is C29H35N7O2. The van der Waals surface area contributed by atoms with Crippen LogP contribution < -0.4 is 20.4 Å². The van der Waals surface area contributed by atoms with Gasteiger partial charge in [0.2, 0.25) is 0 Å². The largest absolute Gasteiger partial charge is 0.381 e. The van der Waals surface area contributed by atoms with Crippen molar-refractivity contribution >= 4 is 34.4 Å². The lowest BCUT2D eigenvalue weighted by molar-refractivity contribution is -0.111. The molecular weight excluding hydrogens is 478 g/mol. The normalized spacial score (nSPS) is 14.9. The van der Waals surface area contributed by atoms with Crippen molar-refractivity contribution in [2.24, 2.45) is 0 Å². The van der Waals surface area contributed by atoms with Crippen LogP contribution in [0.1, 0.15) is 5.56 Å². The fraction of sp³-hybridized carbons (Fsp3) is 0.345. The van der Waals surface area contributed by atoms with Crippen molar-refractivity contribution in [3.63, 3.8) is 0 Å². The lowest BCUT2D eigenvalue weighted by atomic mass is 9.95. The number of carbonyl (C=O) groups excluding carboxylic acids is 1. The van der Waals surface area contributed by atoms with E-state index in [-0.39, 0.29) is 5.91 Å². The van der Waals surface area contributed by atoms with Gasteiger partial charge in [-0.1, -0.05) is 12.1 Å². The molecule has 0 unspecified atom stereocenters. The average Bonchev–Trinajstić information content (AvgIpc) is 2.96. The minimum atomic E-state index is -0.152. The van der Waals surface area contributed by atoms with Crippen LogP contribution in [0.3, 0.4) is 0 Å². The van der Waals surface area contributed by atoms with Crippen molar-refractivity contribution in [2.75, 3.05) is 87.5 Å². The van der Waals surface area contributed by atoms with Gasteiger partial charge in [0.25, 0.3) is 5.91 Å². The molecule has 0 radical (unpaired) electrons. The number of rotatable bonds is 8. The highest BCUT2D eigenvalue weighted by Crippen LogP contribution is 2.34. The Hall–Kier alpha value is -3.95. The van der Waals surface area contributed by atoms with Crippen molar-refractivity contribution < 1.29 is 9.53 Å². The molecule has 0 bridgehead atoms. The van der Waals surface area contributed by atoms with E-state index in [2.05, 4.69) is 67.6 Å². The van der Waals surface area contributed by atoms with E-state index in [1.165, 1.54) is 0 Å². The van der Waals surface area contributed by atoms with Crippen LogP contribution in [0.5, 0.6) is 0 Å². The summed E-state index contributed by atoms with van der Waals surface area (Å²) in [6.07, 6.45) is 7.41. The third-order valence-electron chi connectivity index (χ3n) is 6.87. The van der Waals surface area contributed by atoms with Crippen LogP contribution in [0, 0.1) is 0 Å². The summed E-state index contributed by atoms with van der Waals surface area (Å²) >= 11 is 0. The smallest absolute Gasteiger partial charge is 0.256 e. The van der Waals surface area contributed by atoms with Crippen LogP contribution in [-0.2, 0) is 9.53 Å². The summed E-state index contributed by atoms with van der Waals surface area (Å²) in [6.45, 7) is 5.57. The summed E-state index contributed by atoms with van der Waals surface area (Å²) in [4.78, 5) is 28.9. The number of hydrogen-bond acceptors (Lipinski definition) is 8. The minimum Gasteiger partial charge on any atom is -0.381 e. The van der Waals surface area contributed by atoms with Crippen molar-refractivity contribution in [2.45, 2.75) is 0 Å². The summed E-state index contributed by atoms with van der Waals surface area (Å²) in [7, 11) is 6.12. The monoisotopic (exact) mass is 513 g/mol. The number of nitrogens with zero attached hydrogens (tertiary/aromatic N) is 5. The van der Waals surface area contributed by atoms with E-state index >= 15 is 0 Å². The van der Waals surface area contributed by atoms with E-state index in [1.54, 1.807) is 6.20 Å². The molecule has 2 aromatic heterocycles. The number of amides is 1. The number of likely N-dealkylation sites (N-methyl/N-ethyl adjacent to an activating group) is 2. The summed E-state index contributed by atoms with van der Waals surface area (Å²) in [5.74, 6) is 0.717. The average molecular weight is 514 g/mol. The molecule has 0 aliphatic carbocycles. The SMILES string of the molecule is CN(C)CCN(C)c1ccc(NC(=O)C2=CCNc3ccc(-c4cncc(N5CCOCC5)c4)cc32)cn1. The Morgan fingerprint density at radius 2 is 1.87 bits per heavy atom. The predicted molar refractivity (Wildman–Crippen MR) is 154 cm³/mol. The zero-order valence-corrected chi connectivity index (χ0v) is 22.3. The van der Waals surface area contributed by atoms with E-state index in [4.69, 9.17) is 4.74 Å². The Kier molecular flexibility index (Phi) is 7.86. The van der Waals surface area contributed by atoms with Crippen LogP contribution in [0.15, 0.2) is 61.1 Å². The molecule has 0 atom stereocenters. The Morgan fingerprint density at radius 3 is 2.63 bits per heavy atom. The highest BCUT2D eigenvalue weighted by atomic mass is 16.5. The molecule has 3 aromatic rings. The number of anilines is 4. The maximum atomic E-state index is 13.4. The first-order chi connectivity index (χ1) is 18.5. The molecule has 1 aromatic carbocycles. The fourth-order valence-electron chi connectivity index (χ4n) is 4.62. The van der Waals surface area contributed by atoms with Crippen molar-refractivity contribution in [3.05, 3.63) is 66.6 Å². The summed E-state index contributed by atoms with van der Waals surface area (Å²) in [6, 6.07) is 12.2. The molecule has 2 aliphatic rings. The molecule has 2 N–H and O–H groups in total. The minimum absolute atomic E-state index is 0.152. The Balaban J connectivity index is 1.32. The van der Waals surface area contributed by atoms with Gasteiger partial charge >= 0.3 is 0 Å². The van der Waals surface area contributed by atoms with Gasteiger partial charge in [0.1, 0.15) is 5.82 Å². The first-order valence-corrected chi connectivity index (χ1v) is 13.0. The van der Waals surface area contributed by atoms with Gasteiger partial charge < -0.3 is 30.1 Å². The maximum absolute atomic E-state index is 13.4. The molecule has 9 heteroatoms. The van der Waals surface area contributed by atoms with Gasteiger partial charge in [-0.25, -0.2) is 4.98 Å². The molecule has 198 valence electrons. The van der Waals surface area contributed by atoms with Crippen LogP contribution in [0.4, 0.5) is 22.9 Å². The quantitative estimate of drug-likeness (QED) is 0.474. The number of aromatic nitrogens is 2. The molecule has 38 heavy (non-hydrogen) atoms. The predicted octanol–water partition coefficient (Wildman–Crippen LogP) is 3.43. The molecule has 5 rings (SSSR count). The second-order valence-electron chi connectivity index (χ2n) is 9.87. The van der Waals surface area contributed by atoms with E-state index in [9.17, 15) is 4.79 Å². The van der Waals surface area contributed by atoms with Crippen molar-refractivity contribution in [3.8, 4) is 11.1 Å². The van der Waals surface area contributed by atoms with Crippen molar-refractivity contribution in [1.29, 1.82) is 0 Å². The van der Waals surface area contributed by atoms with Crippen molar-refractivity contribution in [1.82, 2.24) is 14.9 Å². The number of ether oxygens (including phenoxy) is 1. The second kappa shape index (κ2) is 11.6. The number of morpholine rings is 1. The molecule has 1 saturated heterocycles. The van der Waals surface area contributed by atoms with Crippen LogP contribution >= 0.6 is 0 Å². The maximum Gasteiger partial charge on any atom is 0.256 e. The number of benzene rings is 1. The number of fused-ring (bicyclic) bond motifs is 1. The van der Waals surface area contributed by atoms with Gasteiger partial charge in [0.05, 0.1) is 37.0 Å². The van der Waals surface area contributed by atoms with Crippen LogP contribution in [0.2, 0.25) is 0 Å². The van der Waals surface area contributed by atoms with Gasteiger partial charge in [-0.3, -0.25) is 9.78 Å². The molecule has 0 spiro atoms. The zero-order chi connectivity index (χ0) is 26.5. The van der Waals surface area contributed by atoms with E-state index in [0.717, 1.165) is 73.3 Å². The molecule has 2 aliphatic heterocycles. The van der Waals surface area contributed by atoms with E-state index < -0.39 is 0 Å². The Bertz CT molecular complexity index is 1300. The first kappa shape index (κ1) is 25.7. The van der Waals surface area contributed by atoms with E-state index in [1.807, 2.05) is 43.7 Å². The topological polar surface area (TPSA) is 85.9 Å². The second-order valence-corrected chi connectivity index (χ2v) is 9.87. The molecule has 4 heterocycles. The van der Waals surface area contributed by atoms with Gasteiger partial charge in [-0.15, -0.1) is 0 Å². The third kappa shape index (κ3) is 5.95. The van der Waals surface area contributed by atoms with Gasteiger partial charge in [-0.2, -0.15) is 0 Å². The number of nitrogens with one attached hydrogen (secondary N) is 2. The van der Waals surface area contributed by atoms with Crippen LogP contribution in [-0.4, -0.2) is 87.9 Å². The highest BCUT2D eigenvalue weighted by Gasteiger charge is 2.20. The lowest BCUT2D eigenvalue weighted by Gasteiger charge is -2.28. The summed E-state index contributed by atoms with van der Waals surface area (Å²) in [5.41, 5.74) is 6.23. The molecule has 0 saturated carbocycles. The molecule has 9 nitrogen and oxygen atoms in total. The summed E-state index contributed by atoms with van der Waals surface area (Å²) in [5, 5.41) is 6.40. The molecule has 1 fully saturated rings. The fourth-order valence-corrected chi connectivity index (χ4v) is 4.62. The third-order valence-corrected chi connectivity index (χ3v) is 6.87. The number of hydrogen-bond donors (Lipinski definition) is 2. The van der Waals surface area contributed by atoms with Gasteiger partial charge in [0.15, 0.2) is 0 Å². The number of pyridine rings is 2. The lowest BCUT2D eigenvalue weighted by Crippen LogP contribution is -2.36. The van der Waals surface area contributed by atoms with Crippen LogP contribution in [0.25, 0.3) is 16.7 Å². The standard InChI is InChI=1S/C29H35N7O2/c1-34(2)10-11-35(3)28-7-5-23(19-32-28)33-29(37)25-8-9-31-27-6-4-21(17-26(25)27)22-16-24(20-30-18-22)36-12-14-38-15-13-36/h4-8,16-20,31H,9-15H2,1-3H3,(H,33,37). The van der Waals surface area contributed by atoms with E-state index in [0.29, 0.717) is 17.8 Å². The Morgan fingerprint density at radius 1 is 1.03 bits per heavy atom. The Labute approximate surface area is 224 Å². The number of carbonyl (C=O) groups is 1. The van der Waals surface area contributed by atoms with Gasteiger partial charge in [0, 0.05) is 68.4 Å². The van der Waals surface area contributed by atoms with Gasteiger partial charge in [-0.05, 0) is 50.0 Å². The first-order valence-electron chi connectivity index (χ1n) is 13.0. The zero-order valence-electron chi connectivity index (χ0n) is 22.3. The molecule has 1 amide bonds.